The molecule has 0 unspecified atom stereocenters. The van der Waals surface area contributed by atoms with Crippen LogP contribution in [0, 0.1) is 0 Å². The van der Waals surface area contributed by atoms with Gasteiger partial charge in [-0.25, -0.2) is 0 Å². The zero-order chi connectivity index (χ0) is 43.3. The summed E-state index contributed by atoms with van der Waals surface area (Å²) in [6.45, 7) is 0. The van der Waals surface area contributed by atoms with E-state index in [-0.39, 0.29) is 0 Å². The van der Waals surface area contributed by atoms with E-state index >= 15 is 0 Å². The Bertz CT molecular complexity index is 4210. The molecule has 14 aromatic rings. The number of hydrogen-bond acceptors (Lipinski definition) is 1. The monoisotopic (exact) mass is 837 g/mol. The molecular weight excluding hydrogens is 799 g/mol. The minimum Gasteiger partial charge on any atom is -0.456 e. The Hall–Kier alpha value is -8.72. The average molecular weight is 838 g/mol. The Kier molecular flexibility index (Phi) is 8.02. The van der Waals surface area contributed by atoms with Crippen molar-refractivity contribution >= 4 is 86.8 Å². The molecule has 2 heterocycles. The summed E-state index contributed by atoms with van der Waals surface area (Å²) < 4.78 is 9.31. The fourth-order valence-electron chi connectivity index (χ4n) is 11.3. The Labute approximate surface area is 380 Å². The van der Waals surface area contributed by atoms with E-state index in [4.69, 9.17) is 4.42 Å². The van der Waals surface area contributed by atoms with Gasteiger partial charge in [-0.05, 0) is 130 Å². The second kappa shape index (κ2) is 14.4. The molecule has 0 aliphatic carbocycles. The summed E-state index contributed by atoms with van der Waals surface area (Å²) in [6, 6.07) is 86.4. The van der Waals surface area contributed by atoms with Crippen molar-refractivity contribution in [2.45, 2.75) is 0 Å². The lowest BCUT2D eigenvalue weighted by molar-refractivity contribution is 0.669. The SMILES string of the molecule is c1ccc(-c2c3ccccc3c(-c3cccc4oc5cccc(-c6cccc7c(-c8cccc9c8c8ccccc8n9-c8ccccc8)c8ccccc8cc67)c5c34)c3ccccc23)cc1. The molecule has 14 rings (SSSR count). The molecule has 0 aliphatic heterocycles. The van der Waals surface area contributed by atoms with Crippen LogP contribution in [-0.2, 0) is 0 Å². The van der Waals surface area contributed by atoms with Gasteiger partial charge in [0.1, 0.15) is 11.2 Å². The van der Waals surface area contributed by atoms with E-state index in [0.717, 1.165) is 33.2 Å². The molecule has 12 aromatic carbocycles. The van der Waals surface area contributed by atoms with Crippen LogP contribution in [0.15, 0.2) is 241 Å². The summed E-state index contributed by atoms with van der Waals surface area (Å²) in [5, 5.41) is 14.5. The van der Waals surface area contributed by atoms with Crippen LogP contribution < -0.4 is 0 Å². The smallest absolute Gasteiger partial charge is 0.136 e. The van der Waals surface area contributed by atoms with Crippen molar-refractivity contribution in [2.24, 2.45) is 0 Å². The number of fused-ring (bicyclic) bond motifs is 10. The number of furan rings is 1. The van der Waals surface area contributed by atoms with E-state index in [2.05, 4.69) is 241 Å². The van der Waals surface area contributed by atoms with Crippen LogP contribution in [0.1, 0.15) is 0 Å². The topological polar surface area (TPSA) is 18.1 Å². The third-order valence-electron chi connectivity index (χ3n) is 14.0. The van der Waals surface area contributed by atoms with E-state index in [1.54, 1.807) is 0 Å². The maximum Gasteiger partial charge on any atom is 0.136 e. The Morgan fingerprint density at radius 3 is 1.44 bits per heavy atom. The van der Waals surface area contributed by atoms with Gasteiger partial charge in [-0.1, -0.05) is 194 Å². The number of para-hydroxylation sites is 2. The molecule has 0 bridgehead atoms. The molecule has 2 heteroatoms. The molecule has 0 saturated heterocycles. The summed E-state index contributed by atoms with van der Waals surface area (Å²) in [7, 11) is 0. The fourth-order valence-corrected chi connectivity index (χ4v) is 11.3. The van der Waals surface area contributed by atoms with Gasteiger partial charge in [-0.3, -0.25) is 0 Å². The van der Waals surface area contributed by atoms with Crippen molar-refractivity contribution in [2.75, 3.05) is 0 Å². The first-order chi connectivity index (χ1) is 32.8. The molecular formula is C64H39NO. The molecule has 0 saturated carbocycles. The first-order valence-electron chi connectivity index (χ1n) is 22.8. The zero-order valence-electron chi connectivity index (χ0n) is 35.9. The highest BCUT2D eigenvalue weighted by Crippen LogP contribution is 2.50. The Morgan fingerprint density at radius 1 is 0.273 bits per heavy atom. The van der Waals surface area contributed by atoms with Gasteiger partial charge < -0.3 is 8.98 Å². The van der Waals surface area contributed by atoms with E-state index in [0.29, 0.717) is 0 Å². The third-order valence-corrected chi connectivity index (χ3v) is 14.0. The van der Waals surface area contributed by atoms with E-state index in [1.807, 2.05) is 0 Å². The number of rotatable bonds is 5. The van der Waals surface area contributed by atoms with E-state index in [9.17, 15) is 0 Å². The number of benzene rings is 12. The van der Waals surface area contributed by atoms with Crippen LogP contribution in [-0.4, -0.2) is 4.57 Å². The number of hydrogen-bond donors (Lipinski definition) is 0. The molecule has 306 valence electrons. The maximum absolute atomic E-state index is 6.89. The summed E-state index contributed by atoms with van der Waals surface area (Å²) in [4.78, 5) is 0. The lowest BCUT2D eigenvalue weighted by Gasteiger charge is -2.18. The lowest BCUT2D eigenvalue weighted by Crippen LogP contribution is -1.93. The third kappa shape index (κ3) is 5.30. The molecule has 0 atom stereocenters. The van der Waals surface area contributed by atoms with Crippen molar-refractivity contribution in [3.63, 3.8) is 0 Å². The summed E-state index contributed by atoms with van der Waals surface area (Å²) in [5.74, 6) is 0. The van der Waals surface area contributed by atoms with Gasteiger partial charge in [0.2, 0.25) is 0 Å². The van der Waals surface area contributed by atoms with Crippen molar-refractivity contribution in [1.82, 2.24) is 4.57 Å². The molecule has 66 heavy (non-hydrogen) atoms. The van der Waals surface area contributed by atoms with Gasteiger partial charge in [0, 0.05) is 27.2 Å². The Morgan fingerprint density at radius 2 is 0.727 bits per heavy atom. The Balaban J connectivity index is 1.07. The van der Waals surface area contributed by atoms with Crippen molar-refractivity contribution in [3.05, 3.63) is 237 Å². The second-order valence-electron chi connectivity index (χ2n) is 17.4. The molecule has 0 radical (unpaired) electrons. The summed E-state index contributed by atoms with van der Waals surface area (Å²) in [5.41, 5.74) is 14.9. The van der Waals surface area contributed by atoms with Crippen LogP contribution in [0.25, 0.3) is 137 Å². The fraction of sp³-hybridized carbons (Fsp3) is 0. The van der Waals surface area contributed by atoms with Gasteiger partial charge in [-0.2, -0.15) is 0 Å². The molecule has 2 aromatic heterocycles. The number of nitrogens with zero attached hydrogens (tertiary/aromatic N) is 1. The minimum atomic E-state index is 0.876. The maximum atomic E-state index is 6.89. The summed E-state index contributed by atoms with van der Waals surface area (Å²) >= 11 is 0. The van der Waals surface area contributed by atoms with Gasteiger partial charge in [0.15, 0.2) is 0 Å². The number of aromatic nitrogens is 1. The highest BCUT2D eigenvalue weighted by molar-refractivity contribution is 6.29. The average Bonchev–Trinajstić information content (AvgIpc) is 3.94. The molecule has 0 N–H and O–H groups in total. The second-order valence-corrected chi connectivity index (χ2v) is 17.4. The quantitative estimate of drug-likeness (QED) is 0.158. The first-order valence-corrected chi connectivity index (χ1v) is 22.8. The largest absolute Gasteiger partial charge is 0.456 e. The van der Waals surface area contributed by atoms with Gasteiger partial charge in [0.05, 0.1) is 11.0 Å². The van der Waals surface area contributed by atoms with Crippen LogP contribution in [0.3, 0.4) is 0 Å². The van der Waals surface area contributed by atoms with Crippen molar-refractivity contribution in [3.8, 4) is 50.2 Å². The molecule has 0 amide bonds. The molecule has 0 spiro atoms. The highest BCUT2D eigenvalue weighted by atomic mass is 16.3. The van der Waals surface area contributed by atoms with Crippen molar-refractivity contribution in [1.29, 1.82) is 0 Å². The zero-order valence-corrected chi connectivity index (χ0v) is 35.9. The normalized spacial score (nSPS) is 11.9. The highest BCUT2D eigenvalue weighted by Gasteiger charge is 2.24. The standard InChI is InChI=1S/C64H39NO/c1-3-19-40(20-4-1)59-46-25-9-11-27-48(46)61(49-28-12-10-26-47(49)59)53-34-18-38-58-64(53)63-45(32-17-37-57(63)66-58)44-30-15-31-50-54(44)39-41-21-7-8-24-43(41)60(50)52-33-16-36-56-62(52)51-29-13-14-35-55(51)65(56)42-22-5-2-6-23-42/h1-39H. The summed E-state index contributed by atoms with van der Waals surface area (Å²) in [6.07, 6.45) is 0. The van der Waals surface area contributed by atoms with Crippen LogP contribution in [0.5, 0.6) is 0 Å². The predicted molar refractivity (Wildman–Crippen MR) is 280 cm³/mol. The van der Waals surface area contributed by atoms with E-state index in [1.165, 1.54) is 104 Å². The lowest BCUT2D eigenvalue weighted by atomic mass is 9.84. The van der Waals surface area contributed by atoms with Crippen LogP contribution in [0.4, 0.5) is 0 Å². The van der Waals surface area contributed by atoms with Gasteiger partial charge >= 0.3 is 0 Å². The molecule has 0 aliphatic rings. The minimum absolute atomic E-state index is 0.876. The predicted octanol–water partition coefficient (Wildman–Crippen LogP) is 18.0. The van der Waals surface area contributed by atoms with Crippen LogP contribution >= 0.6 is 0 Å². The van der Waals surface area contributed by atoms with Gasteiger partial charge in [-0.15, -0.1) is 0 Å². The first kappa shape index (κ1) is 36.7. The van der Waals surface area contributed by atoms with Crippen molar-refractivity contribution < 1.29 is 4.42 Å². The molecule has 0 fully saturated rings. The van der Waals surface area contributed by atoms with E-state index < -0.39 is 0 Å². The molecule has 2 nitrogen and oxygen atoms in total. The van der Waals surface area contributed by atoms with Crippen LogP contribution in [0.2, 0.25) is 0 Å². The van der Waals surface area contributed by atoms with Gasteiger partial charge in [0.25, 0.3) is 0 Å².